The standard InChI is InChI=1S/C7H9.2ClH.Ti/c1-6-4-3-5-7(6)2;;;/h3H,4H2,1-2H3;2*1H;/q;;;+2/p-2. The van der Waals surface area contributed by atoms with E-state index < -0.39 is 15.7 Å². The molecule has 0 saturated heterocycles. The van der Waals surface area contributed by atoms with Crippen LogP contribution in [-0.2, 0) is 15.7 Å². The van der Waals surface area contributed by atoms with Crippen LogP contribution in [0.5, 0.6) is 0 Å². The second-order valence-electron chi connectivity index (χ2n) is 2.49. The van der Waals surface area contributed by atoms with Gasteiger partial charge in [-0.1, -0.05) is 0 Å². The molecule has 0 spiro atoms. The van der Waals surface area contributed by atoms with E-state index in [1.165, 1.54) is 15.0 Å². The van der Waals surface area contributed by atoms with Crippen LogP contribution in [0, 0.1) is 0 Å². The Kier molecular flexibility index (Phi) is 3.06. The fourth-order valence-electron chi connectivity index (χ4n) is 1.01. The molecule has 0 heterocycles. The Bertz CT molecular complexity index is 204. The Hall–Kier alpha value is 0.774. The summed E-state index contributed by atoms with van der Waals surface area (Å²) >= 11 is -1.82. The van der Waals surface area contributed by atoms with Crippen LogP contribution in [0.3, 0.4) is 0 Å². The zero-order valence-corrected chi connectivity index (χ0v) is 9.11. The molecule has 0 nitrogen and oxygen atoms in total. The van der Waals surface area contributed by atoms with Crippen molar-refractivity contribution < 1.29 is 15.7 Å². The molecule has 0 aromatic heterocycles. The van der Waals surface area contributed by atoms with Gasteiger partial charge in [-0.3, -0.25) is 0 Å². The fraction of sp³-hybridized carbons (Fsp3) is 0.429. The molecule has 10 heavy (non-hydrogen) atoms. The third-order valence-corrected chi connectivity index (χ3v) is 5.08. The second kappa shape index (κ2) is 3.45. The molecule has 3 heteroatoms. The molecule has 0 unspecified atom stereocenters. The van der Waals surface area contributed by atoms with Crippen molar-refractivity contribution >= 4 is 18.6 Å². The summed E-state index contributed by atoms with van der Waals surface area (Å²) in [4.78, 5) is 0. The third kappa shape index (κ3) is 1.68. The molecule has 0 aromatic carbocycles. The van der Waals surface area contributed by atoms with Crippen molar-refractivity contribution in [3.63, 3.8) is 0 Å². The van der Waals surface area contributed by atoms with Crippen molar-refractivity contribution in [2.75, 3.05) is 0 Å². The van der Waals surface area contributed by atoms with Crippen LogP contribution in [-0.4, -0.2) is 0 Å². The Morgan fingerprint density at radius 2 is 2.00 bits per heavy atom. The van der Waals surface area contributed by atoms with E-state index in [2.05, 4.69) is 19.9 Å². The van der Waals surface area contributed by atoms with E-state index >= 15 is 0 Å². The molecule has 0 N–H and O–H groups in total. The molecule has 0 fully saturated rings. The van der Waals surface area contributed by atoms with Crippen molar-refractivity contribution in [1.29, 1.82) is 0 Å². The van der Waals surface area contributed by atoms with Crippen molar-refractivity contribution in [3.8, 4) is 0 Å². The molecule has 0 saturated carbocycles. The molecule has 1 aliphatic carbocycles. The van der Waals surface area contributed by atoms with E-state index in [0.29, 0.717) is 0 Å². The Morgan fingerprint density at radius 3 is 2.20 bits per heavy atom. The first-order valence-electron chi connectivity index (χ1n) is 3.18. The van der Waals surface area contributed by atoms with Gasteiger partial charge in [0.25, 0.3) is 0 Å². The van der Waals surface area contributed by atoms with Gasteiger partial charge < -0.3 is 0 Å². The summed E-state index contributed by atoms with van der Waals surface area (Å²) in [5.74, 6) is 0. The molecule has 0 aliphatic heterocycles. The molecule has 0 radical (unpaired) electrons. The average molecular weight is 212 g/mol. The first-order valence-corrected chi connectivity index (χ1v) is 8.26. The SMILES string of the molecule is CC1=C(C)[C]([Ti]([Cl])[Cl])=CC1. The minimum absolute atomic E-state index is 1.05. The summed E-state index contributed by atoms with van der Waals surface area (Å²) in [7, 11) is 11.7. The number of halogens is 2. The average Bonchev–Trinajstić information content (AvgIpc) is 2.14. The predicted molar refractivity (Wildman–Crippen MR) is 42.8 cm³/mol. The van der Waals surface area contributed by atoms with Gasteiger partial charge in [-0.2, -0.15) is 0 Å². The van der Waals surface area contributed by atoms with Crippen molar-refractivity contribution in [1.82, 2.24) is 0 Å². The molecular formula is C7H9Cl2Ti. The maximum atomic E-state index is 5.87. The van der Waals surface area contributed by atoms with E-state index in [1.807, 2.05) is 0 Å². The van der Waals surface area contributed by atoms with Gasteiger partial charge in [0, 0.05) is 0 Å². The predicted octanol–water partition coefficient (Wildman–Crippen LogP) is 3.54. The van der Waals surface area contributed by atoms with Gasteiger partial charge in [0.15, 0.2) is 0 Å². The van der Waals surface area contributed by atoms with Gasteiger partial charge >= 0.3 is 75.7 Å². The van der Waals surface area contributed by atoms with E-state index in [1.54, 1.807) is 0 Å². The molecule has 0 amide bonds. The maximum absolute atomic E-state index is 5.87. The molecule has 0 bridgehead atoms. The number of rotatable bonds is 1. The second-order valence-corrected chi connectivity index (χ2v) is 8.06. The van der Waals surface area contributed by atoms with Crippen molar-refractivity contribution in [2.45, 2.75) is 20.3 Å². The van der Waals surface area contributed by atoms with E-state index in [-0.39, 0.29) is 0 Å². The Balaban J connectivity index is 2.83. The van der Waals surface area contributed by atoms with E-state index in [4.69, 9.17) is 18.6 Å². The Labute approximate surface area is 75.5 Å². The van der Waals surface area contributed by atoms with Crippen LogP contribution in [0.25, 0.3) is 0 Å². The van der Waals surface area contributed by atoms with Crippen LogP contribution in [0.1, 0.15) is 20.3 Å². The molecular weight excluding hydrogens is 203 g/mol. The van der Waals surface area contributed by atoms with Crippen LogP contribution in [0.2, 0.25) is 0 Å². The van der Waals surface area contributed by atoms with Crippen molar-refractivity contribution in [2.24, 2.45) is 0 Å². The summed E-state index contributed by atoms with van der Waals surface area (Å²) < 4.78 is 1.25. The quantitative estimate of drug-likeness (QED) is 0.583. The molecule has 55 valence electrons. The summed E-state index contributed by atoms with van der Waals surface area (Å²) in [5, 5.41) is 0. The number of allylic oxidation sites excluding steroid dienone is 4. The van der Waals surface area contributed by atoms with Gasteiger partial charge in [0.05, 0.1) is 0 Å². The number of hydrogen-bond donors (Lipinski definition) is 0. The summed E-state index contributed by atoms with van der Waals surface area (Å²) in [6.07, 6.45) is 3.22. The van der Waals surface area contributed by atoms with Gasteiger partial charge in [-0.25, -0.2) is 0 Å². The summed E-state index contributed by atoms with van der Waals surface area (Å²) in [6.45, 7) is 4.24. The first-order chi connectivity index (χ1) is 4.63. The van der Waals surface area contributed by atoms with Gasteiger partial charge in [-0.05, 0) is 0 Å². The summed E-state index contributed by atoms with van der Waals surface area (Å²) in [5.41, 5.74) is 2.75. The van der Waals surface area contributed by atoms with Gasteiger partial charge in [0.1, 0.15) is 0 Å². The first kappa shape index (κ1) is 8.87. The number of hydrogen-bond acceptors (Lipinski definition) is 0. The zero-order valence-electron chi connectivity index (χ0n) is 6.04. The van der Waals surface area contributed by atoms with Gasteiger partial charge in [-0.15, -0.1) is 0 Å². The third-order valence-electron chi connectivity index (χ3n) is 1.86. The van der Waals surface area contributed by atoms with Crippen LogP contribution in [0.4, 0.5) is 0 Å². The molecule has 0 atom stereocenters. The van der Waals surface area contributed by atoms with E-state index in [0.717, 1.165) is 6.42 Å². The topological polar surface area (TPSA) is 0 Å². The Morgan fingerprint density at radius 1 is 1.40 bits per heavy atom. The normalized spacial score (nSPS) is 17.8. The fourth-order valence-corrected chi connectivity index (χ4v) is 3.99. The zero-order chi connectivity index (χ0) is 7.72. The molecule has 1 rings (SSSR count). The molecule has 1 aliphatic rings. The van der Waals surface area contributed by atoms with Crippen LogP contribution >= 0.6 is 18.6 Å². The van der Waals surface area contributed by atoms with Crippen molar-refractivity contribution in [3.05, 3.63) is 21.1 Å². The monoisotopic (exact) mass is 211 g/mol. The molecule has 0 aromatic rings. The van der Waals surface area contributed by atoms with Crippen LogP contribution in [0.15, 0.2) is 21.1 Å². The summed E-state index contributed by atoms with van der Waals surface area (Å²) in [6, 6.07) is 0. The minimum atomic E-state index is -1.82. The van der Waals surface area contributed by atoms with Gasteiger partial charge in [0.2, 0.25) is 0 Å². The van der Waals surface area contributed by atoms with E-state index in [9.17, 15) is 0 Å². The van der Waals surface area contributed by atoms with Crippen LogP contribution < -0.4 is 0 Å².